The first-order chi connectivity index (χ1) is 11.5. The topological polar surface area (TPSA) is 67.1 Å². The number of aromatic nitrogens is 4. The summed E-state index contributed by atoms with van der Waals surface area (Å²) in [5.74, 6) is 1.31. The Morgan fingerprint density at radius 1 is 1.12 bits per heavy atom. The molecule has 6 nitrogen and oxygen atoms in total. The summed E-state index contributed by atoms with van der Waals surface area (Å²) >= 11 is 0. The standard InChI is InChI=1S/C18H21N5O/c1-12(2)13-4-6-14(7-5-13)18(24)9-23(10-18)17-16-15(19-11-20-17)8-21-22(16)3/h4-8,11-12,24H,9-10H2,1-3H3. The molecule has 3 aromatic rings. The van der Waals surface area contributed by atoms with Crippen molar-refractivity contribution in [1.29, 1.82) is 0 Å². The van der Waals surface area contributed by atoms with Crippen LogP contribution in [-0.4, -0.2) is 37.9 Å². The van der Waals surface area contributed by atoms with Crippen LogP contribution in [-0.2, 0) is 12.6 Å². The van der Waals surface area contributed by atoms with Gasteiger partial charge < -0.3 is 10.0 Å². The van der Waals surface area contributed by atoms with Crippen LogP contribution in [0.4, 0.5) is 5.82 Å². The van der Waals surface area contributed by atoms with Crippen molar-refractivity contribution >= 4 is 16.9 Å². The molecule has 0 bridgehead atoms. The monoisotopic (exact) mass is 323 g/mol. The summed E-state index contributed by atoms with van der Waals surface area (Å²) in [5, 5.41) is 15.2. The maximum atomic E-state index is 10.9. The zero-order chi connectivity index (χ0) is 16.9. The molecular weight excluding hydrogens is 302 g/mol. The third kappa shape index (κ3) is 2.26. The fraction of sp³-hybridized carbons (Fsp3) is 0.389. The fourth-order valence-corrected chi connectivity index (χ4v) is 3.31. The molecule has 1 aliphatic rings. The molecule has 0 unspecified atom stereocenters. The Hall–Kier alpha value is -2.47. The van der Waals surface area contributed by atoms with E-state index in [0.717, 1.165) is 22.4 Å². The van der Waals surface area contributed by atoms with Crippen LogP contribution < -0.4 is 4.90 Å². The molecule has 0 spiro atoms. The van der Waals surface area contributed by atoms with Crippen molar-refractivity contribution < 1.29 is 5.11 Å². The summed E-state index contributed by atoms with van der Waals surface area (Å²) in [6.07, 6.45) is 3.28. The van der Waals surface area contributed by atoms with Crippen molar-refractivity contribution in [3.05, 3.63) is 47.9 Å². The van der Waals surface area contributed by atoms with Crippen molar-refractivity contribution in [2.75, 3.05) is 18.0 Å². The number of benzene rings is 1. The third-order valence-corrected chi connectivity index (χ3v) is 4.83. The van der Waals surface area contributed by atoms with Gasteiger partial charge in [0.15, 0.2) is 5.82 Å². The third-order valence-electron chi connectivity index (χ3n) is 4.83. The predicted octanol–water partition coefficient (Wildman–Crippen LogP) is 2.19. The number of anilines is 1. The molecule has 1 N–H and O–H groups in total. The van der Waals surface area contributed by atoms with E-state index < -0.39 is 5.60 Å². The first kappa shape index (κ1) is 15.1. The van der Waals surface area contributed by atoms with Gasteiger partial charge in [-0.2, -0.15) is 5.10 Å². The number of hydrogen-bond donors (Lipinski definition) is 1. The lowest BCUT2D eigenvalue weighted by atomic mass is 9.85. The number of β-amino-alcohol motifs (C(OH)–C–C–N with tert-alkyl or cyclic N) is 1. The Balaban J connectivity index is 1.59. The lowest BCUT2D eigenvalue weighted by molar-refractivity contribution is 0.00717. The molecule has 0 radical (unpaired) electrons. The van der Waals surface area contributed by atoms with E-state index in [1.165, 1.54) is 5.56 Å². The number of fused-ring (bicyclic) bond motifs is 1. The quantitative estimate of drug-likeness (QED) is 0.800. The van der Waals surface area contributed by atoms with Crippen LogP contribution in [0.25, 0.3) is 11.0 Å². The first-order valence-electron chi connectivity index (χ1n) is 8.18. The molecule has 4 rings (SSSR count). The number of rotatable bonds is 3. The van der Waals surface area contributed by atoms with Crippen molar-refractivity contribution in [1.82, 2.24) is 19.7 Å². The van der Waals surface area contributed by atoms with Gasteiger partial charge >= 0.3 is 0 Å². The molecule has 6 heteroatoms. The Morgan fingerprint density at radius 3 is 2.50 bits per heavy atom. The molecule has 0 saturated carbocycles. The Bertz CT molecular complexity index is 878. The minimum Gasteiger partial charge on any atom is -0.381 e. The van der Waals surface area contributed by atoms with E-state index in [1.807, 2.05) is 19.2 Å². The smallest absolute Gasteiger partial charge is 0.158 e. The normalized spacial score (nSPS) is 16.6. The molecule has 3 heterocycles. The summed E-state index contributed by atoms with van der Waals surface area (Å²) in [6, 6.07) is 8.27. The van der Waals surface area contributed by atoms with Crippen molar-refractivity contribution in [2.24, 2.45) is 7.05 Å². The summed E-state index contributed by atoms with van der Waals surface area (Å²) < 4.78 is 1.78. The Labute approximate surface area is 140 Å². The van der Waals surface area contributed by atoms with Gasteiger partial charge in [0.25, 0.3) is 0 Å². The van der Waals surface area contributed by atoms with Gasteiger partial charge in [-0.25, -0.2) is 9.97 Å². The lowest BCUT2D eigenvalue weighted by Crippen LogP contribution is -2.60. The van der Waals surface area contributed by atoms with Crippen molar-refractivity contribution in [3.63, 3.8) is 0 Å². The number of aliphatic hydroxyl groups is 1. The summed E-state index contributed by atoms with van der Waals surface area (Å²) in [5.41, 5.74) is 3.13. The summed E-state index contributed by atoms with van der Waals surface area (Å²) in [7, 11) is 1.88. The van der Waals surface area contributed by atoms with Crippen LogP contribution in [0.15, 0.2) is 36.8 Å². The molecule has 124 valence electrons. The predicted molar refractivity (Wildman–Crippen MR) is 92.9 cm³/mol. The highest BCUT2D eigenvalue weighted by Gasteiger charge is 2.44. The second-order valence-electron chi connectivity index (χ2n) is 6.86. The molecule has 1 aliphatic heterocycles. The SMILES string of the molecule is CC(C)c1ccc(C2(O)CN(c3ncnc4cnn(C)c34)C2)cc1. The van der Waals surface area contributed by atoms with Gasteiger partial charge in [-0.15, -0.1) is 0 Å². The lowest BCUT2D eigenvalue weighted by Gasteiger charge is -2.47. The largest absolute Gasteiger partial charge is 0.381 e. The average Bonchev–Trinajstić information content (AvgIpc) is 2.94. The number of hydrogen-bond acceptors (Lipinski definition) is 5. The van der Waals surface area contributed by atoms with Crippen LogP contribution in [0.2, 0.25) is 0 Å². The van der Waals surface area contributed by atoms with E-state index >= 15 is 0 Å². The van der Waals surface area contributed by atoms with Gasteiger partial charge in [-0.1, -0.05) is 38.1 Å². The zero-order valence-electron chi connectivity index (χ0n) is 14.1. The van der Waals surface area contributed by atoms with E-state index in [2.05, 4.69) is 45.9 Å². The first-order valence-corrected chi connectivity index (χ1v) is 8.18. The van der Waals surface area contributed by atoms with E-state index in [4.69, 9.17) is 0 Å². The van der Waals surface area contributed by atoms with E-state index in [0.29, 0.717) is 19.0 Å². The maximum absolute atomic E-state index is 10.9. The second kappa shape index (κ2) is 5.27. The van der Waals surface area contributed by atoms with Crippen LogP contribution >= 0.6 is 0 Å². The van der Waals surface area contributed by atoms with E-state index in [1.54, 1.807) is 17.2 Å². The van der Waals surface area contributed by atoms with Gasteiger partial charge in [0.05, 0.1) is 19.3 Å². The van der Waals surface area contributed by atoms with Gasteiger partial charge in [0.1, 0.15) is 23.0 Å². The van der Waals surface area contributed by atoms with Crippen molar-refractivity contribution in [2.45, 2.75) is 25.4 Å². The minimum absolute atomic E-state index is 0.491. The van der Waals surface area contributed by atoms with Crippen LogP contribution in [0.1, 0.15) is 30.9 Å². The van der Waals surface area contributed by atoms with Crippen LogP contribution in [0, 0.1) is 0 Å². The van der Waals surface area contributed by atoms with E-state index in [9.17, 15) is 5.11 Å². The Morgan fingerprint density at radius 2 is 1.83 bits per heavy atom. The molecule has 0 aliphatic carbocycles. The van der Waals surface area contributed by atoms with Crippen LogP contribution in [0.5, 0.6) is 0 Å². The van der Waals surface area contributed by atoms with E-state index in [-0.39, 0.29) is 0 Å². The van der Waals surface area contributed by atoms with Crippen molar-refractivity contribution in [3.8, 4) is 0 Å². The molecular formula is C18H21N5O. The van der Waals surface area contributed by atoms with Gasteiger partial charge in [0, 0.05) is 7.05 Å². The molecule has 2 aromatic heterocycles. The van der Waals surface area contributed by atoms with Crippen LogP contribution in [0.3, 0.4) is 0 Å². The zero-order valence-corrected chi connectivity index (χ0v) is 14.1. The fourth-order valence-electron chi connectivity index (χ4n) is 3.31. The molecule has 24 heavy (non-hydrogen) atoms. The molecule has 1 saturated heterocycles. The minimum atomic E-state index is -0.828. The highest BCUT2D eigenvalue weighted by molar-refractivity contribution is 5.86. The van der Waals surface area contributed by atoms with Gasteiger partial charge in [0.2, 0.25) is 0 Å². The molecule has 1 fully saturated rings. The highest BCUT2D eigenvalue weighted by atomic mass is 16.3. The molecule has 0 amide bonds. The second-order valence-corrected chi connectivity index (χ2v) is 6.86. The van der Waals surface area contributed by atoms with Gasteiger partial charge in [-0.05, 0) is 17.0 Å². The molecule has 1 aromatic carbocycles. The highest BCUT2D eigenvalue weighted by Crippen LogP contribution is 2.37. The van der Waals surface area contributed by atoms with Gasteiger partial charge in [-0.3, -0.25) is 4.68 Å². The molecule has 0 atom stereocenters. The average molecular weight is 323 g/mol. The number of aryl methyl sites for hydroxylation is 1. The summed E-state index contributed by atoms with van der Waals surface area (Å²) in [4.78, 5) is 10.7. The summed E-state index contributed by atoms with van der Waals surface area (Å²) in [6.45, 7) is 5.38. The Kier molecular flexibility index (Phi) is 3.31. The maximum Gasteiger partial charge on any atom is 0.158 e. The number of nitrogens with zero attached hydrogens (tertiary/aromatic N) is 5.